The summed E-state index contributed by atoms with van der Waals surface area (Å²) in [4.78, 5) is 2.70. The van der Waals surface area contributed by atoms with E-state index in [4.69, 9.17) is 4.42 Å². The smallest absolute Gasteiger partial charge is 0.134 e. The minimum absolute atomic E-state index is 0.684. The largest absolute Gasteiger partial charge is 0.464 e. The van der Waals surface area contributed by atoms with Crippen LogP contribution >= 0.6 is 0 Å². The Morgan fingerprint density at radius 1 is 1.09 bits per heavy atom. The monoisotopic (exact) mass is 297 g/mol. The second-order valence-electron chi connectivity index (χ2n) is 6.35. The third-order valence-corrected chi connectivity index (χ3v) is 4.78. The normalized spacial score (nSPS) is 17.7. The summed E-state index contributed by atoms with van der Waals surface area (Å²) in [7, 11) is 0. The van der Waals surface area contributed by atoms with Gasteiger partial charge in [-0.25, -0.2) is 0 Å². The molecule has 0 bridgehead atoms. The molecule has 1 aliphatic carbocycles. The Bertz CT molecular complexity index is 582. The molecule has 1 aliphatic rings. The van der Waals surface area contributed by atoms with E-state index in [1.165, 1.54) is 55.5 Å². The van der Waals surface area contributed by atoms with Gasteiger partial charge in [0.15, 0.2) is 0 Å². The summed E-state index contributed by atoms with van der Waals surface area (Å²) in [6, 6.07) is 11.4. The summed E-state index contributed by atoms with van der Waals surface area (Å²) < 4.78 is 5.66. The molecule has 0 aliphatic heterocycles. The predicted octanol–water partition coefficient (Wildman–Crippen LogP) is 4.93. The Labute approximate surface area is 134 Å². The van der Waals surface area contributed by atoms with Gasteiger partial charge in [0.05, 0.1) is 6.26 Å². The van der Waals surface area contributed by atoms with E-state index < -0.39 is 0 Å². The van der Waals surface area contributed by atoms with Crippen molar-refractivity contribution in [1.29, 1.82) is 0 Å². The van der Waals surface area contributed by atoms with Crippen LogP contribution in [0.2, 0.25) is 0 Å². The van der Waals surface area contributed by atoms with Crippen LogP contribution in [0.5, 0.6) is 0 Å². The van der Waals surface area contributed by atoms with Crippen molar-refractivity contribution >= 4 is 0 Å². The van der Waals surface area contributed by atoms with Gasteiger partial charge in [-0.1, -0.05) is 32.0 Å². The number of aryl methyl sites for hydroxylation is 1. The van der Waals surface area contributed by atoms with Gasteiger partial charge in [-0.2, -0.15) is 0 Å². The second kappa shape index (κ2) is 7.15. The van der Waals surface area contributed by atoms with Crippen molar-refractivity contribution in [2.75, 3.05) is 13.1 Å². The molecule has 0 saturated heterocycles. The van der Waals surface area contributed by atoms with E-state index in [-0.39, 0.29) is 0 Å². The SMILES string of the molecule is CCCN(CCC)[C@@H]1CCc2cccc(-c3ccco3)c2C1. The van der Waals surface area contributed by atoms with Crippen molar-refractivity contribution in [3.63, 3.8) is 0 Å². The van der Waals surface area contributed by atoms with Gasteiger partial charge in [0.25, 0.3) is 0 Å². The summed E-state index contributed by atoms with van der Waals surface area (Å²) in [5.74, 6) is 1.01. The van der Waals surface area contributed by atoms with Crippen LogP contribution in [0.3, 0.4) is 0 Å². The van der Waals surface area contributed by atoms with Gasteiger partial charge in [-0.05, 0) is 68.5 Å². The fourth-order valence-electron chi connectivity index (χ4n) is 3.80. The first kappa shape index (κ1) is 15.4. The van der Waals surface area contributed by atoms with Crippen molar-refractivity contribution in [3.05, 3.63) is 47.7 Å². The molecule has 2 nitrogen and oxygen atoms in total. The Hall–Kier alpha value is -1.54. The third kappa shape index (κ3) is 3.12. The van der Waals surface area contributed by atoms with E-state index in [0.717, 1.165) is 12.2 Å². The van der Waals surface area contributed by atoms with Gasteiger partial charge in [0, 0.05) is 11.6 Å². The molecule has 0 saturated carbocycles. The number of hydrogen-bond donors (Lipinski definition) is 0. The average molecular weight is 297 g/mol. The zero-order valence-electron chi connectivity index (χ0n) is 13.8. The minimum Gasteiger partial charge on any atom is -0.464 e. The number of nitrogens with zero attached hydrogens (tertiary/aromatic N) is 1. The standard InChI is InChI=1S/C20H27NO/c1-3-12-21(13-4-2)17-11-10-16-7-5-8-18(19(16)15-17)20-9-6-14-22-20/h5-9,14,17H,3-4,10-13,15H2,1-2H3/t17-/m1/s1. The van der Waals surface area contributed by atoms with Crippen LogP contribution in [0.15, 0.2) is 41.0 Å². The van der Waals surface area contributed by atoms with Crippen molar-refractivity contribution in [2.45, 2.75) is 52.0 Å². The molecular formula is C20H27NO. The van der Waals surface area contributed by atoms with E-state index in [1.54, 1.807) is 6.26 Å². The zero-order chi connectivity index (χ0) is 15.4. The molecule has 0 radical (unpaired) electrons. The maximum atomic E-state index is 5.66. The number of hydrogen-bond acceptors (Lipinski definition) is 2. The molecular weight excluding hydrogens is 270 g/mol. The van der Waals surface area contributed by atoms with Crippen LogP contribution in [0.1, 0.15) is 44.2 Å². The highest BCUT2D eigenvalue weighted by Gasteiger charge is 2.25. The molecule has 0 fully saturated rings. The van der Waals surface area contributed by atoms with E-state index in [0.29, 0.717) is 6.04 Å². The van der Waals surface area contributed by atoms with Crippen molar-refractivity contribution in [3.8, 4) is 11.3 Å². The molecule has 1 aromatic heterocycles. The van der Waals surface area contributed by atoms with Gasteiger partial charge in [0.2, 0.25) is 0 Å². The van der Waals surface area contributed by atoms with Crippen LogP contribution in [0.25, 0.3) is 11.3 Å². The zero-order valence-corrected chi connectivity index (χ0v) is 13.8. The number of rotatable bonds is 6. The molecule has 2 heteroatoms. The third-order valence-electron chi connectivity index (χ3n) is 4.78. The van der Waals surface area contributed by atoms with Crippen LogP contribution in [0, 0.1) is 0 Å². The first-order valence-electron chi connectivity index (χ1n) is 8.72. The first-order valence-corrected chi connectivity index (χ1v) is 8.72. The fourth-order valence-corrected chi connectivity index (χ4v) is 3.80. The van der Waals surface area contributed by atoms with Crippen molar-refractivity contribution in [2.24, 2.45) is 0 Å². The Balaban J connectivity index is 1.88. The lowest BCUT2D eigenvalue weighted by Gasteiger charge is -2.35. The van der Waals surface area contributed by atoms with Crippen LogP contribution in [-0.4, -0.2) is 24.0 Å². The van der Waals surface area contributed by atoms with Crippen molar-refractivity contribution < 1.29 is 4.42 Å². The summed E-state index contributed by atoms with van der Waals surface area (Å²) >= 11 is 0. The first-order chi connectivity index (χ1) is 10.8. The molecule has 0 amide bonds. The van der Waals surface area contributed by atoms with Crippen LogP contribution in [0.4, 0.5) is 0 Å². The van der Waals surface area contributed by atoms with Gasteiger partial charge in [-0.3, -0.25) is 0 Å². The van der Waals surface area contributed by atoms with Gasteiger partial charge < -0.3 is 9.32 Å². The van der Waals surface area contributed by atoms with Crippen molar-refractivity contribution in [1.82, 2.24) is 4.90 Å². The summed E-state index contributed by atoms with van der Waals surface area (Å²) in [6.45, 7) is 7.01. The molecule has 118 valence electrons. The number of furan rings is 1. The lowest BCUT2D eigenvalue weighted by molar-refractivity contribution is 0.180. The highest BCUT2D eigenvalue weighted by molar-refractivity contribution is 5.64. The minimum atomic E-state index is 0.684. The Morgan fingerprint density at radius 3 is 2.59 bits per heavy atom. The second-order valence-corrected chi connectivity index (χ2v) is 6.35. The molecule has 1 atom stereocenters. The van der Waals surface area contributed by atoms with Crippen LogP contribution in [-0.2, 0) is 12.8 Å². The topological polar surface area (TPSA) is 16.4 Å². The molecule has 22 heavy (non-hydrogen) atoms. The summed E-state index contributed by atoms with van der Waals surface area (Å²) in [5, 5.41) is 0. The Kier molecular flexibility index (Phi) is 4.99. The van der Waals surface area contributed by atoms with E-state index in [9.17, 15) is 0 Å². The summed E-state index contributed by atoms with van der Waals surface area (Å²) in [6.07, 6.45) is 7.89. The molecule has 0 spiro atoms. The van der Waals surface area contributed by atoms with Crippen LogP contribution < -0.4 is 0 Å². The molecule has 2 aromatic rings. The number of fused-ring (bicyclic) bond motifs is 1. The lowest BCUT2D eigenvalue weighted by Crippen LogP contribution is -2.40. The molecule has 3 rings (SSSR count). The van der Waals surface area contributed by atoms with Gasteiger partial charge in [-0.15, -0.1) is 0 Å². The quantitative estimate of drug-likeness (QED) is 0.752. The fraction of sp³-hybridized carbons (Fsp3) is 0.500. The summed E-state index contributed by atoms with van der Waals surface area (Å²) in [5.41, 5.74) is 4.31. The highest BCUT2D eigenvalue weighted by Crippen LogP contribution is 2.33. The lowest BCUT2D eigenvalue weighted by atomic mass is 9.84. The molecule has 0 N–H and O–H groups in total. The van der Waals surface area contributed by atoms with E-state index >= 15 is 0 Å². The van der Waals surface area contributed by atoms with Gasteiger partial charge >= 0.3 is 0 Å². The maximum absolute atomic E-state index is 5.66. The molecule has 0 unspecified atom stereocenters. The highest BCUT2D eigenvalue weighted by atomic mass is 16.3. The average Bonchev–Trinajstić information content (AvgIpc) is 3.08. The predicted molar refractivity (Wildman–Crippen MR) is 92.1 cm³/mol. The van der Waals surface area contributed by atoms with E-state index in [2.05, 4.69) is 43.0 Å². The number of benzene rings is 1. The molecule has 1 aromatic carbocycles. The van der Waals surface area contributed by atoms with E-state index in [1.807, 2.05) is 6.07 Å². The maximum Gasteiger partial charge on any atom is 0.134 e. The Morgan fingerprint density at radius 2 is 1.91 bits per heavy atom. The molecule has 1 heterocycles. The van der Waals surface area contributed by atoms with Gasteiger partial charge in [0.1, 0.15) is 5.76 Å².